The van der Waals surface area contributed by atoms with Crippen molar-refractivity contribution in [3.05, 3.63) is 69.7 Å². The zero-order chi connectivity index (χ0) is 16.6. The molecule has 2 heterocycles. The van der Waals surface area contributed by atoms with Crippen LogP contribution in [-0.4, -0.2) is 6.61 Å². The van der Waals surface area contributed by atoms with Crippen molar-refractivity contribution in [3.63, 3.8) is 0 Å². The highest BCUT2D eigenvalue weighted by molar-refractivity contribution is 6.31. The molecule has 0 unspecified atom stereocenters. The van der Waals surface area contributed by atoms with E-state index in [4.69, 9.17) is 16.3 Å². The molecular weight excluding hydrogens is 310 g/mol. The van der Waals surface area contributed by atoms with Gasteiger partial charge in [-0.1, -0.05) is 38.4 Å². The Bertz CT molecular complexity index is 781. The smallest absolute Gasteiger partial charge is 0.224 e. The van der Waals surface area contributed by atoms with Crippen LogP contribution in [0.25, 0.3) is 5.57 Å². The van der Waals surface area contributed by atoms with Crippen LogP contribution in [-0.2, 0) is 6.42 Å². The molecule has 1 aromatic carbocycles. The normalized spacial score (nSPS) is 16.1. The van der Waals surface area contributed by atoms with Crippen LogP contribution >= 0.6 is 11.6 Å². The van der Waals surface area contributed by atoms with Gasteiger partial charge in [-0.3, -0.25) is 0 Å². The van der Waals surface area contributed by atoms with Gasteiger partial charge in [-0.05, 0) is 30.2 Å². The molecule has 0 saturated heterocycles. The number of pyridine rings is 1. The van der Waals surface area contributed by atoms with Crippen molar-refractivity contribution in [1.82, 2.24) is 0 Å². The monoisotopic (exact) mass is 329 g/mol. The number of aromatic nitrogens is 1. The summed E-state index contributed by atoms with van der Waals surface area (Å²) in [6.07, 6.45) is 4.45. The average molecular weight is 330 g/mol. The van der Waals surface area contributed by atoms with Gasteiger partial charge in [-0.25, -0.2) is 0 Å². The molecule has 2 aromatic rings. The van der Waals surface area contributed by atoms with Crippen molar-refractivity contribution < 1.29 is 9.47 Å². The van der Waals surface area contributed by atoms with Gasteiger partial charge in [0.25, 0.3) is 0 Å². The van der Waals surface area contributed by atoms with Gasteiger partial charge < -0.3 is 9.94 Å². The maximum absolute atomic E-state index is 12.3. The molecular formula is C19H20ClNO2. The first-order chi connectivity index (χ1) is 10.9. The molecule has 0 radical (unpaired) electrons. The van der Waals surface area contributed by atoms with E-state index in [9.17, 15) is 5.21 Å². The molecule has 0 amide bonds. The highest BCUT2D eigenvalue weighted by Crippen LogP contribution is 2.40. The van der Waals surface area contributed by atoms with Crippen LogP contribution in [0.5, 0.6) is 5.75 Å². The number of halogens is 1. The number of hydrogen-bond donors (Lipinski definition) is 0. The number of nitrogens with zero attached hydrogens (tertiary/aromatic N) is 1. The van der Waals surface area contributed by atoms with Crippen LogP contribution in [0.4, 0.5) is 0 Å². The van der Waals surface area contributed by atoms with Crippen LogP contribution in [0.2, 0.25) is 5.02 Å². The maximum Gasteiger partial charge on any atom is 0.224 e. The predicted molar refractivity (Wildman–Crippen MR) is 92.6 cm³/mol. The average Bonchev–Trinajstić information content (AvgIpc) is 2.64. The fraction of sp³-hybridized carbons (Fsp3) is 0.316. The molecule has 0 aliphatic carbocycles. The Balaban J connectivity index is 2.26. The Kier molecular flexibility index (Phi) is 4.07. The number of hydrogen-bond acceptors (Lipinski definition) is 2. The SMILES string of the molecule is CCc1cc2c(cc1Cl)C(c1cccc[n+]1[O-])=CC(C)(C)CO2. The molecule has 0 saturated carbocycles. The van der Waals surface area contributed by atoms with Gasteiger partial charge in [0.05, 0.1) is 12.2 Å². The Hall–Kier alpha value is -2.00. The third kappa shape index (κ3) is 3.06. The topological polar surface area (TPSA) is 36.2 Å². The molecule has 0 N–H and O–H groups in total. The molecule has 0 spiro atoms. The molecule has 0 fully saturated rings. The van der Waals surface area contributed by atoms with Gasteiger partial charge >= 0.3 is 0 Å². The highest BCUT2D eigenvalue weighted by Gasteiger charge is 2.28. The summed E-state index contributed by atoms with van der Waals surface area (Å²) in [4.78, 5) is 0. The van der Waals surface area contributed by atoms with Gasteiger partial charge in [-0.15, -0.1) is 0 Å². The van der Waals surface area contributed by atoms with Crippen LogP contribution in [0.1, 0.15) is 37.6 Å². The van der Waals surface area contributed by atoms with Gasteiger partial charge in [0.2, 0.25) is 5.69 Å². The molecule has 3 nitrogen and oxygen atoms in total. The predicted octanol–water partition coefficient (Wildman–Crippen LogP) is 4.39. The lowest BCUT2D eigenvalue weighted by Gasteiger charge is -2.18. The summed E-state index contributed by atoms with van der Waals surface area (Å²) >= 11 is 6.41. The van der Waals surface area contributed by atoms with Crippen molar-refractivity contribution in [2.24, 2.45) is 5.41 Å². The summed E-state index contributed by atoms with van der Waals surface area (Å²) in [5.41, 5.74) is 3.20. The van der Waals surface area contributed by atoms with Crippen molar-refractivity contribution in [3.8, 4) is 5.75 Å². The minimum atomic E-state index is -0.184. The van der Waals surface area contributed by atoms with E-state index in [2.05, 4.69) is 26.8 Å². The van der Waals surface area contributed by atoms with Gasteiger partial charge in [0, 0.05) is 28.1 Å². The molecule has 0 bridgehead atoms. The van der Waals surface area contributed by atoms with E-state index in [-0.39, 0.29) is 5.41 Å². The van der Waals surface area contributed by atoms with Gasteiger partial charge in [0.15, 0.2) is 6.20 Å². The first-order valence-corrected chi connectivity index (χ1v) is 8.16. The van der Waals surface area contributed by atoms with E-state index in [0.717, 1.165) is 33.6 Å². The molecule has 23 heavy (non-hydrogen) atoms. The second-order valence-corrected chi connectivity index (χ2v) is 6.95. The zero-order valence-corrected chi connectivity index (χ0v) is 14.4. The Morgan fingerprint density at radius 1 is 1.30 bits per heavy atom. The lowest BCUT2D eigenvalue weighted by atomic mass is 9.89. The molecule has 1 aliphatic heterocycles. The minimum absolute atomic E-state index is 0.184. The van der Waals surface area contributed by atoms with Gasteiger partial charge in [-0.2, -0.15) is 4.73 Å². The molecule has 1 aliphatic rings. The van der Waals surface area contributed by atoms with E-state index in [1.165, 1.54) is 6.20 Å². The van der Waals surface area contributed by atoms with Gasteiger partial charge in [0.1, 0.15) is 5.75 Å². The van der Waals surface area contributed by atoms with E-state index < -0.39 is 0 Å². The van der Waals surface area contributed by atoms with Crippen LogP contribution < -0.4 is 9.47 Å². The van der Waals surface area contributed by atoms with Crippen molar-refractivity contribution >= 4 is 17.2 Å². The third-order valence-corrected chi connectivity index (χ3v) is 4.41. The first-order valence-electron chi connectivity index (χ1n) is 7.78. The third-order valence-electron chi connectivity index (χ3n) is 4.05. The zero-order valence-electron chi connectivity index (χ0n) is 13.6. The largest absolute Gasteiger partial charge is 0.618 e. The fourth-order valence-electron chi connectivity index (χ4n) is 2.82. The Morgan fingerprint density at radius 3 is 2.78 bits per heavy atom. The minimum Gasteiger partial charge on any atom is -0.618 e. The number of benzene rings is 1. The summed E-state index contributed by atoms with van der Waals surface area (Å²) in [7, 11) is 0. The molecule has 4 heteroatoms. The summed E-state index contributed by atoms with van der Waals surface area (Å²) in [5.74, 6) is 0.784. The van der Waals surface area contributed by atoms with Crippen molar-refractivity contribution in [2.45, 2.75) is 27.2 Å². The van der Waals surface area contributed by atoms with Crippen LogP contribution in [0.3, 0.4) is 0 Å². The van der Waals surface area contributed by atoms with E-state index in [0.29, 0.717) is 17.3 Å². The molecule has 1 aromatic heterocycles. The summed E-state index contributed by atoms with van der Waals surface area (Å²) < 4.78 is 6.92. The quantitative estimate of drug-likeness (QED) is 0.605. The highest BCUT2D eigenvalue weighted by atomic mass is 35.5. The van der Waals surface area contributed by atoms with Crippen LogP contribution in [0, 0.1) is 10.6 Å². The maximum atomic E-state index is 12.3. The lowest BCUT2D eigenvalue weighted by molar-refractivity contribution is -0.607. The summed E-state index contributed by atoms with van der Waals surface area (Å²) in [6, 6.07) is 9.32. The van der Waals surface area contributed by atoms with E-state index in [1.807, 2.05) is 24.3 Å². The molecule has 120 valence electrons. The second kappa shape index (κ2) is 5.89. The Labute approximate surface area is 141 Å². The first kappa shape index (κ1) is 15.9. The number of fused-ring (bicyclic) bond motifs is 1. The van der Waals surface area contributed by atoms with E-state index in [1.54, 1.807) is 6.07 Å². The molecule has 0 atom stereocenters. The number of ether oxygens (including phenoxy) is 1. The Morgan fingerprint density at radius 2 is 2.09 bits per heavy atom. The fourth-order valence-corrected chi connectivity index (χ4v) is 3.12. The van der Waals surface area contributed by atoms with Crippen molar-refractivity contribution in [1.29, 1.82) is 0 Å². The second-order valence-electron chi connectivity index (χ2n) is 6.54. The van der Waals surface area contributed by atoms with E-state index >= 15 is 0 Å². The standard InChI is InChI=1S/C19H20ClNO2/c1-4-13-9-18-14(10-16(13)20)15(11-19(2,3)12-23-18)17-7-5-6-8-21(17)22/h5-11H,4,12H2,1-3H3. The lowest BCUT2D eigenvalue weighted by Crippen LogP contribution is -2.30. The molecule has 3 rings (SSSR count). The summed E-state index contributed by atoms with van der Waals surface area (Å²) in [5, 5.41) is 13.0. The number of aryl methyl sites for hydroxylation is 1. The summed E-state index contributed by atoms with van der Waals surface area (Å²) in [6.45, 7) is 6.81. The van der Waals surface area contributed by atoms with Crippen LogP contribution in [0.15, 0.2) is 42.6 Å². The number of rotatable bonds is 2. The van der Waals surface area contributed by atoms with Crippen molar-refractivity contribution in [2.75, 3.05) is 6.61 Å².